The zero-order valence-corrected chi connectivity index (χ0v) is 7.96. The summed E-state index contributed by atoms with van der Waals surface area (Å²) in [5, 5.41) is 0. The van der Waals surface area contributed by atoms with Gasteiger partial charge >= 0.3 is 0 Å². The van der Waals surface area contributed by atoms with Crippen LogP contribution in [0.25, 0.3) is 0 Å². The number of nitrogens with zero attached hydrogens (tertiary/aromatic N) is 1. The Labute approximate surface area is 69.3 Å². The highest BCUT2D eigenvalue weighted by Gasteiger charge is 1.89. The van der Waals surface area contributed by atoms with Crippen LogP contribution in [0.5, 0.6) is 0 Å². The van der Waals surface area contributed by atoms with Gasteiger partial charge in [-0.3, -0.25) is 4.79 Å². The van der Waals surface area contributed by atoms with E-state index in [0.29, 0.717) is 6.47 Å². The van der Waals surface area contributed by atoms with Gasteiger partial charge in [-0.2, -0.15) is 0 Å². The topological polar surface area (TPSA) is 29.5 Å². The van der Waals surface area contributed by atoms with E-state index >= 15 is 0 Å². The summed E-state index contributed by atoms with van der Waals surface area (Å²) in [5.74, 6) is 0. The summed E-state index contributed by atoms with van der Waals surface area (Å²) in [6.45, 7) is 10.5. The third-order valence-corrected chi connectivity index (χ3v) is 1.44. The van der Waals surface area contributed by atoms with Crippen LogP contribution < -0.4 is 0 Å². The molecule has 0 spiro atoms. The fourth-order valence-electron chi connectivity index (χ4n) is 0.671. The standard InChI is InChI=1S/C6H15N.C2H4O2/c1-4-7(5-2)6-3;1-4-2-3/h4-6H2,1-3H3;2H,1H3. The van der Waals surface area contributed by atoms with Gasteiger partial charge in [-0.25, -0.2) is 0 Å². The number of rotatable bonds is 4. The number of hydrogen-bond acceptors (Lipinski definition) is 3. The molecule has 0 unspecified atom stereocenters. The first kappa shape index (κ1) is 13.1. The van der Waals surface area contributed by atoms with Crippen LogP contribution in [-0.2, 0) is 9.53 Å². The molecule has 3 nitrogen and oxygen atoms in total. The molecule has 0 atom stereocenters. The Hall–Kier alpha value is -0.570. The number of methoxy groups -OCH3 is 1. The molecular formula is C8H19NO2. The third kappa shape index (κ3) is 12.6. The molecule has 0 saturated carbocycles. The molecule has 0 aliphatic rings. The van der Waals surface area contributed by atoms with Gasteiger partial charge in [0.1, 0.15) is 0 Å². The van der Waals surface area contributed by atoms with Crippen molar-refractivity contribution < 1.29 is 9.53 Å². The minimum atomic E-state index is 0.375. The average molecular weight is 161 g/mol. The fraction of sp³-hybridized carbons (Fsp3) is 0.875. The minimum Gasteiger partial charge on any atom is -0.471 e. The number of hydrogen-bond donors (Lipinski definition) is 0. The first-order valence-corrected chi connectivity index (χ1v) is 3.95. The van der Waals surface area contributed by atoms with E-state index in [2.05, 4.69) is 30.4 Å². The summed E-state index contributed by atoms with van der Waals surface area (Å²) < 4.78 is 3.86. The fourth-order valence-corrected chi connectivity index (χ4v) is 0.671. The monoisotopic (exact) mass is 161 g/mol. The van der Waals surface area contributed by atoms with Crippen molar-refractivity contribution in [1.82, 2.24) is 4.90 Å². The second-order valence-corrected chi connectivity index (χ2v) is 1.95. The molecule has 0 saturated heterocycles. The zero-order chi connectivity index (χ0) is 9.11. The summed E-state index contributed by atoms with van der Waals surface area (Å²) in [7, 11) is 1.31. The first-order chi connectivity index (χ1) is 5.26. The third-order valence-electron chi connectivity index (χ3n) is 1.44. The molecular weight excluding hydrogens is 142 g/mol. The maximum atomic E-state index is 8.95. The molecule has 0 aliphatic heterocycles. The van der Waals surface area contributed by atoms with E-state index in [9.17, 15) is 0 Å². The highest BCUT2D eigenvalue weighted by molar-refractivity contribution is 5.36. The summed E-state index contributed by atoms with van der Waals surface area (Å²) in [6.07, 6.45) is 0. The van der Waals surface area contributed by atoms with Crippen LogP contribution in [0.15, 0.2) is 0 Å². The van der Waals surface area contributed by atoms with Crippen LogP contribution in [0.4, 0.5) is 0 Å². The van der Waals surface area contributed by atoms with E-state index in [0.717, 1.165) is 0 Å². The van der Waals surface area contributed by atoms with Gasteiger partial charge in [0.25, 0.3) is 6.47 Å². The second kappa shape index (κ2) is 12.1. The lowest BCUT2D eigenvalue weighted by atomic mass is 10.5. The van der Waals surface area contributed by atoms with E-state index < -0.39 is 0 Å². The molecule has 0 bridgehead atoms. The molecule has 0 aromatic heterocycles. The lowest BCUT2D eigenvalue weighted by molar-refractivity contribution is -0.126. The van der Waals surface area contributed by atoms with Crippen LogP contribution >= 0.6 is 0 Å². The Morgan fingerprint density at radius 1 is 1.18 bits per heavy atom. The van der Waals surface area contributed by atoms with Crippen LogP contribution in [0.3, 0.4) is 0 Å². The predicted molar refractivity (Wildman–Crippen MR) is 46.5 cm³/mol. The van der Waals surface area contributed by atoms with E-state index in [4.69, 9.17) is 4.79 Å². The van der Waals surface area contributed by atoms with Crippen molar-refractivity contribution >= 4 is 6.47 Å². The molecule has 68 valence electrons. The highest BCUT2D eigenvalue weighted by atomic mass is 16.5. The van der Waals surface area contributed by atoms with Crippen LogP contribution in [0.1, 0.15) is 20.8 Å². The van der Waals surface area contributed by atoms with Gasteiger partial charge in [0.15, 0.2) is 0 Å². The molecule has 0 aliphatic carbocycles. The molecule has 3 heteroatoms. The first-order valence-electron chi connectivity index (χ1n) is 3.95. The Balaban J connectivity index is 0. The Morgan fingerprint density at radius 2 is 1.45 bits per heavy atom. The predicted octanol–water partition coefficient (Wildman–Crippen LogP) is 1.14. The molecule has 0 aromatic rings. The SMILES string of the molecule is CCN(CC)CC.COC=O. The van der Waals surface area contributed by atoms with E-state index in [-0.39, 0.29) is 0 Å². The Kier molecular flexibility index (Phi) is 14.4. The minimum absolute atomic E-state index is 0.375. The van der Waals surface area contributed by atoms with Crippen molar-refractivity contribution in [2.45, 2.75) is 20.8 Å². The normalized spacial score (nSPS) is 8.45. The van der Waals surface area contributed by atoms with Crippen LogP contribution in [-0.4, -0.2) is 38.1 Å². The largest absolute Gasteiger partial charge is 0.471 e. The maximum Gasteiger partial charge on any atom is 0.292 e. The van der Waals surface area contributed by atoms with Crippen molar-refractivity contribution in [3.05, 3.63) is 0 Å². The van der Waals surface area contributed by atoms with Gasteiger partial charge in [0.05, 0.1) is 7.11 Å². The maximum absolute atomic E-state index is 8.95. The van der Waals surface area contributed by atoms with Crippen molar-refractivity contribution in [3.8, 4) is 0 Å². The quantitative estimate of drug-likeness (QED) is 0.579. The van der Waals surface area contributed by atoms with E-state index in [1.165, 1.54) is 26.7 Å². The van der Waals surface area contributed by atoms with Gasteiger partial charge in [-0.1, -0.05) is 20.8 Å². The van der Waals surface area contributed by atoms with Gasteiger partial charge in [-0.15, -0.1) is 0 Å². The van der Waals surface area contributed by atoms with Gasteiger partial charge in [-0.05, 0) is 19.6 Å². The van der Waals surface area contributed by atoms with Crippen molar-refractivity contribution in [2.24, 2.45) is 0 Å². The number of carbonyl (C=O) groups excluding carboxylic acids is 1. The van der Waals surface area contributed by atoms with Gasteiger partial charge in [0, 0.05) is 0 Å². The van der Waals surface area contributed by atoms with Crippen molar-refractivity contribution in [2.75, 3.05) is 26.7 Å². The summed E-state index contributed by atoms with van der Waals surface area (Å²) in [4.78, 5) is 11.3. The van der Waals surface area contributed by atoms with Crippen molar-refractivity contribution in [3.63, 3.8) is 0 Å². The second-order valence-electron chi connectivity index (χ2n) is 1.95. The smallest absolute Gasteiger partial charge is 0.292 e. The molecule has 0 aromatic carbocycles. The number of ether oxygens (including phenoxy) is 1. The van der Waals surface area contributed by atoms with E-state index in [1.54, 1.807) is 0 Å². The van der Waals surface area contributed by atoms with Crippen LogP contribution in [0.2, 0.25) is 0 Å². The molecule has 0 radical (unpaired) electrons. The molecule has 0 N–H and O–H groups in total. The Bertz CT molecular complexity index is 67.0. The van der Waals surface area contributed by atoms with E-state index in [1.807, 2.05) is 0 Å². The summed E-state index contributed by atoms with van der Waals surface area (Å²) in [6, 6.07) is 0. The average Bonchev–Trinajstić information content (AvgIpc) is 2.08. The number of carbonyl (C=O) groups is 1. The highest BCUT2D eigenvalue weighted by Crippen LogP contribution is 1.81. The van der Waals surface area contributed by atoms with Crippen molar-refractivity contribution in [1.29, 1.82) is 0 Å². The molecule has 0 fully saturated rings. The van der Waals surface area contributed by atoms with Gasteiger partial charge < -0.3 is 9.64 Å². The summed E-state index contributed by atoms with van der Waals surface area (Å²) >= 11 is 0. The molecule has 0 rings (SSSR count). The van der Waals surface area contributed by atoms with Crippen LogP contribution in [0, 0.1) is 0 Å². The summed E-state index contributed by atoms with van der Waals surface area (Å²) in [5.41, 5.74) is 0. The lowest BCUT2D eigenvalue weighted by Gasteiger charge is -2.13. The molecule has 0 heterocycles. The van der Waals surface area contributed by atoms with Gasteiger partial charge in [0.2, 0.25) is 0 Å². The molecule has 0 amide bonds. The zero-order valence-electron chi connectivity index (χ0n) is 7.96. The lowest BCUT2D eigenvalue weighted by Crippen LogP contribution is -2.21. The Morgan fingerprint density at radius 3 is 1.45 bits per heavy atom. The molecule has 11 heavy (non-hydrogen) atoms.